The molecule has 2 aromatic rings. The van der Waals surface area contributed by atoms with Crippen LogP contribution in [0.2, 0.25) is 0 Å². The molecule has 0 bridgehead atoms. The summed E-state index contributed by atoms with van der Waals surface area (Å²) in [6, 6.07) is 18.4. The van der Waals surface area contributed by atoms with E-state index < -0.39 is 0 Å². The average Bonchev–Trinajstić information content (AvgIpc) is 3.14. The molecule has 0 spiro atoms. The van der Waals surface area contributed by atoms with Gasteiger partial charge < -0.3 is 0 Å². The van der Waals surface area contributed by atoms with Gasteiger partial charge in [0.05, 0.1) is 11.1 Å². The van der Waals surface area contributed by atoms with E-state index in [1.165, 1.54) is 26.2 Å². The van der Waals surface area contributed by atoms with Crippen LogP contribution in [0.4, 0.5) is 0 Å². The van der Waals surface area contributed by atoms with Crippen molar-refractivity contribution >= 4 is 34.8 Å². The number of nitrogens with zero attached hydrogens (tertiary/aromatic N) is 2. The zero-order valence-corrected chi connectivity index (χ0v) is 15.5. The van der Waals surface area contributed by atoms with Crippen LogP contribution in [-0.2, 0) is 19.2 Å². The Bertz CT molecular complexity index is 924. The van der Waals surface area contributed by atoms with Crippen molar-refractivity contribution in [2.75, 3.05) is 14.1 Å². The van der Waals surface area contributed by atoms with Gasteiger partial charge in [-0.2, -0.15) is 0 Å². The molecule has 0 unspecified atom stereocenters. The Balaban J connectivity index is 0.000000161. The van der Waals surface area contributed by atoms with E-state index in [0.717, 1.165) is 20.9 Å². The largest absolute Gasteiger partial charge is 0.278 e. The Morgan fingerprint density at radius 3 is 1.11 bits per heavy atom. The molecule has 0 fully saturated rings. The summed E-state index contributed by atoms with van der Waals surface area (Å²) in [5, 5.41) is 0. The van der Waals surface area contributed by atoms with E-state index in [1.807, 2.05) is 60.7 Å². The first-order chi connectivity index (χ1) is 13.4. The predicted octanol–water partition coefficient (Wildman–Crippen LogP) is 2.14. The second-order valence-electron chi connectivity index (χ2n) is 6.25. The second kappa shape index (κ2) is 7.84. The highest BCUT2D eigenvalue weighted by atomic mass is 16.2. The van der Waals surface area contributed by atoms with E-state index in [9.17, 15) is 19.2 Å². The Kier molecular flexibility index (Phi) is 5.31. The smallest absolute Gasteiger partial charge is 0.261 e. The maximum Gasteiger partial charge on any atom is 0.261 e. The van der Waals surface area contributed by atoms with Crippen molar-refractivity contribution in [1.82, 2.24) is 9.80 Å². The molecule has 2 aromatic carbocycles. The minimum absolute atomic E-state index is 0.235. The van der Waals surface area contributed by atoms with Crippen LogP contribution < -0.4 is 0 Å². The van der Waals surface area contributed by atoms with Crippen molar-refractivity contribution in [1.29, 1.82) is 0 Å². The fourth-order valence-corrected chi connectivity index (χ4v) is 2.77. The zero-order chi connectivity index (χ0) is 20.3. The van der Waals surface area contributed by atoms with Gasteiger partial charge in [0.25, 0.3) is 23.6 Å². The molecule has 140 valence electrons. The fourth-order valence-electron chi connectivity index (χ4n) is 2.77. The quantitative estimate of drug-likeness (QED) is 0.755. The number of amides is 4. The van der Waals surface area contributed by atoms with E-state index >= 15 is 0 Å². The lowest BCUT2D eigenvalue weighted by Crippen LogP contribution is -2.25. The monoisotopic (exact) mass is 374 g/mol. The summed E-state index contributed by atoms with van der Waals surface area (Å²) in [5.41, 5.74) is 2.52. The molecule has 4 rings (SSSR count). The van der Waals surface area contributed by atoms with Gasteiger partial charge in [0, 0.05) is 26.2 Å². The van der Waals surface area contributed by atoms with Gasteiger partial charge in [0.15, 0.2) is 0 Å². The molecule has 0 saturated heterocycles. The van der Waals surface area contributed by atoms with E-state index in [2.05, 4.69) is 0 Å². The van der Waals surface area contributed by atoms with Crippen LogP contribution >= 0.6 is 0 Å². The van der Waals surface area contributed by atoms with Crippen molar-refractivity contribution in [3.8, 4) is 0 Å². The molecule has 0 radical (unpaired) electrons. The van der Waals surface area contributed by atoms with E-state index in [4.69, 9.17) is 0 Å². The Morgan fingerprint density at radius 2 is 0.857 bits per heavy atom. The molecule has 2 heterocycles. The van der Waals surface area contributed by atoms with Gasteiger partial charge in [-0.3, -0.25) is 29.0 Å². The maximum atomic E-state index is 11.6. The van der Waals surface area contributed by atoms with Crippen molar-refractivity contribution in [3.63, 3.8) is 0 Å². The first-order valence-corrected chi connectivity index (χ1v) is 8.58. The molecular weight excluding hydrogens is 356 g/mol. The Labute approximate surface area is 162 Å². The number of benzene rings is 2. The van der Waals surface area contributed by atoms with E-state index in [-0.39, 0.29) is 23.6 Å². The zero-order valence-electron chi connectivity index (χ0n) is 15.5. The lowest BCUT2D eigenvalue weighted by molar-refractivity contribution is -0.136. The molecule has 0 saturated carbocycles. The van der Waals surface area contributed by atoms with E-state index in [1.54, 1.807) is 0 Å². The van der Waals surface area contributed by atoms with Crippen LogP contribution in [0.15, 0.2) is 72.8 Å². The van der Waals surface area contributed by atoms with Crippen LogP contribution in [0.5, 0.6) is 0 Å². The molecule has 4 amide bonds. The summed E-state index contributed by atoms with van der Waals surface area (Å²) in [5.74, 6) is -0.981. The third kappa shape index (κ3) is 3.66. The van der Waals surface area contributed by atoms with Crippen molar-refractivity contribution in [3.05, 3.63) is 83.9 Å². The van der Waals surface area contributed by atoms with Gasteiger partial charge in [0.1, 0.15) is 0 Å². The average molecular weight is 374 g/mol. The lowest BCUT2D eigenvalue weighted by atomic mass is 10.1. The highest BCUT2D eigenvalue weighted by Crippen LogP contribution is 2.22. The number of hydrogen-bond acceptors (Lipinski definition) is 4. The molecule has 0 atom stereocenters. The van der Waals surface area contributed by atoms with Crippen LogP contribution in [0, 0.1) is 0 Å². The molecule has 0 N–H and O–H groups in total. The number of imide groups is 2. The molecule has 2 aliphatic heterocycles. The molecule has 0 aliphatic carbocycles. The van der Waals surface area contributed by atoms with Crippen LogP contribution in [0.3, 0.4) is 0 Å². The number of carbonyl (C=O) groups is 4. The standard InChI is InChI=1S/2C11H9NO2/c2*1-12-10(13)7-9(11(12)14)8-5-3-2-4-6-8/h2*2-7H,1H3. The number of hydrogen-bond donors (Lipinski definition) is 0. The van der Waals surface area contributed by atoms with Crippen molar-refractivity contribution < 1.29 is 19.2 Å². The predicted molar refractivity (Wildman–Crippen MR) is 104 cm³/mol. The summed E-state index contributed by atoms with van der Waals surface area (Å²) in [4.78, 5) is 47.7. The van der Waals surface area contributed by atoms with Crippen LogP contribution in [-0.4, -0.2) is 47.5 Å². The summed E-state index contributed by atoms with van der Waals surface area (Å²) in [7, 11) is 2.97. The van der Waals surface area contributed by atoms with Gasteiger partial charge >= 0.3 is 0 Å². The van der Waals surface area contributed by atoms with Gasteiger partial charge in [-0.25, -0.2) is 0 Å². The molecular formula is C22H18N2O4. The van der Waals surface area contributed by atoms with Crippen LogP contribution in [0.1, 0.15) is 11.1 Å². The second-order valence-corrected chi connectivity index (χ2v) is 6.25. The first-order valence-electron chi connectivity index (χ1n) is 8.58. The topological polar surface area (TPSA) is 74.8 Å². The highest BCUT2D eigenvalue weighted by Gasteiger charge is 2.28. The van der Waals surface area contributed by atoms with Crippen LogP contribution in [0.25, 0.3) is 11.1 Å². The summed E-state index contributed by atoms with van der Waals surface area (Å²) >= 11 is 0. The Hall–Kier alpha value is -3.80. The van der Waals surface area contributed by atoms with Gasteiger partial charge in [0.2, 0.25) is 0 Å². The maximum absolute atomic E-state index is 11.6. The van der Waals surface area contributed by atoms with Crippen molar-refractivity contribution in [2.24, 2.45) is 0 Å². The summed E-state index contributed by atoms with van der Waals surface area (Å²) < 4.78 is 0. The minimum Gasteiger partial charge on any atom is -0.278 e. The summed E-state index contributed by atoms with van der Waals surface area (Å²) in [6.07, 6.45) is 2.75. The molecule has 2 aliphatic rings. The normalized spacial score (nSPS) is 16.1. The Morgan fingerprint density at radius 1 is 0.536 bits per heavy atom. The summed E-state index contributed by atoms with van der Waals surface area (Å²) in [6.45, 7) is 0. The minimum atomic E-state index is -0.256. The lowest BCUT2D eigenvalue weighted by Gasteiger charge is -2.06. The molecule has 6 heteroatoms. The van der Waals surface area contributed by atoms with Gasteiger partial charge in [-0.05, 0) is 11.1 Å². The molecule has 0 aromatic heterocycles. The number of likely N-dealkylation sites (N-methyl/N-ethyl adjacent to an activating group) is 2. The van der Waals surface area contributed by atoms with E-state index in [0.29, 0.717) is 11.1 Å². The van der Waals surface area contributed by atoms with Gasteiger partial charge in [-0.15, -0.1) is 0 Å². The third-order valence-corrected chi connectivity index (χ3v) is 4.44. The molecule has 6 nitrogen and oxygen atoms in total. The third-order valence-electron chi connectivity index (χ3n) is 4.44. The number of carbonyl (C=O) groups excluding carboxylic acids is 4. The van der Waals surface area contributed by atoms with Gasteiger partial charge in [-0.1, -0.05) is 60.7 Å². The fraction of sp³-hybridized carbons (Fsp3) is 0.0909. The highest BCUT2D eigenvalue weighted by molar-refractivity contribution is 6.33. The first kappa shape index (κ1) is 19.0. The van der Waals surface area contributed by atoms with Crippen molar-refractivity contribution in [2.45, 2.75) is 0 Å². The number of rotatable bonds is 2. The SMILES string of the molecule is CN1C(=O)C=C(c2ccccc2)C1=O.CN1C(=O)C=C(c2ccccc2)C1=O. The molecule has 28 heavy (non-hydrogen) atoms.